The van der Waals surface area contributed by atoms with Gasteiger partial charge in [0.1, 0.15) is 6.04 Å². The summed E-state index contributed by atoms with van der Waals surface area (Å²) in [6.07, 6.45) is -0.264. The van der Waals surface area contributed by atoms with E-state index in [-0.39, 0.29) is 6.42 Å². The van der Waals surface area contributed by atoms with Gasteiger partial charge in [-0.05, 0) is 6.92 Å². The third kappa shape index (κ3) is 4.96. The van der Waals surface area contributed by atoms with Crippen LogP contribution in [0.25, 0.3) is 0 Å². The molecule has 0 aromatic carbocycles. The van der Waals surface area contributed by atoms with Crippen LogP contribution in [0.4, 0.5) is 0 Å². The van der Waals surface area contributed by atoms with Crippen LogP contribution in [0.1, 0.15) is 13.3 Å². The largest absolute Gasteiger partial charge is 0.467 e. The fourth-order valence-electron chi connectivity index (χ4n) is 0.866. The van der Waals surface area contributed by atoms with Gasteiger partial charge >= 0.3 is 5.97 Å². The van der Waals surface area contributed by atoms with Crippen molar-refractivity contribution in [1.29, 1.82) is 0 Å². The van der Waals surface area contributed by atoms with Crippen LogP contribution in [0.2, 0.25) is 0 Å². The van der Waals surface area contributed by atoms with Crippen LogP contribution >= 0.6 is 0 Å². The molecule has 86 valence electrons. The molecule has 0 saturated carbocycles. The second-order valence-electron chi connectivity index (χ2n) is 3.03. The average Bonchev–Trinajstić information content (AvgIpc) is 2.15. The number of hydrogen-bond donors (Lipinski definition) is 3. The summed E-state index contributed by atoms with van der Waals surface area (Å²) < 4.78 is 4.39. The Hall–Kier alpha value is -1.63. The fraction of sp³-hybridized carbons (Fsp3) is 0.625. The molecule has 2 amide bonds. The fourth-order valence-corrected chi connectivity index (χ4v) is 0.866. The van der Waals surface area contributed by atoms with E-state index >= 15 is 0 Å². The quantitative estimate of drug-likeness (QED) is 0.453. The van der Waals surface area contributed by atoms with Crippen molar-refractivity contribution >= 4 is 17.8 Å². The van der Waals surface area contributed by atoms with Gasteiger partial charge in [0.15, 0.2) is 0 Å². The van der Waals surface area contributed by atoms with Gasteiger partial charge in [-0.3, -0.25) is 9.59 Å². The third-order valence-corrected chi connectivity index (χ3v) is 1.67. The Morgan fingerprint density at radius 1 is 1.40 bits per heavy atom. The molecule has 0 heterocycles. The lowest BCUT2D eigenvalue weighted by Crippen LogP contribution is -2.48. The summed E-state index contributed by atoms with van der Waals surface area (Å²) in [5.74, 6) is -1.88. The predicted molar refractivity (Wildman–Crippen MR) is 51.4 cm³/mol. The molecule has 0 saturated heterocycles. The summed E-state index contributed by atoms with van der Waals surface area (Å²) in [6.45, 7) is 1.45. The number of hydrogen-bond acceptors (Lipinski definition) is 5. The van der Waals surface area contributed by atoms with Crippen molar-refractivity contribution < 1.29 is 19.1 Å². The number of amides is 2. The van der Waals surface area contributed by atoms with Crippen LogP contribution in [0.15, 0.2) is 0 Å². The van der Waals surface area contributed by atoms with Crippen molar-refractivity contribution in [3.63, 3.8) is 0 Å². The van der Waals surface area contributed by atoms with Gasteiger partial charge in [0, 0.05) is 0 Å². The monoisotopic (exact) mass is 217 g/mol. The van der Waals surface area contributed by atoms with Gasteiger partial charge in [0.25, 0.3) is 0 Å². The van der Waals surface area contributed by atoms with Gasteiger partial charge in [-0.2, -0.15) is 0 Å². The van der Waals surface area contributed by atoms with E-state index in [1.54, 1.807) is 0 Å². The minimum atomic E-state index is -1.05. The third-order valence-electron chi connectivity index (χ3n) is 1.67. The summed E-state index contributed by atoms with van der Waals surface area (Å²) >= 11 is 0. The minimum absolute atomic E-state index is 0.264. The molecule has 0 bridgehead atoms. The van der Waals surface area contributed by atoms with E-state index in [2.05, 4.69) is 10.1 Å². The molecule has 0 radical (unpaired) electrons. The lowest BCUT2D eigenvalue weighted by atomic mass is 10.2. The van der Waals surface area contributed by atoms with Gasteiger partial charge < -0.3 is 21.5 Å². The minimum Gasteiger partial charge on any atom is -0.467 e. The van der Waals surface area contributed by atoms with Crippen molar-refractivity contribution in [2.45, 2.75) is 25.4 Å². The Bertz CT molecular complexity index is 267. The summed E-state index contributed by atoms with van der Waals surface area (Å²) in [5.41, 5.74) is 10.2. The number of nitrogens with one attached hydrogen (secondary N) is 1. The lowest BCUT2D eigenvalue weighted by Gasteiger charge is -2.14. The zero-order valence-electron chi connectivity index (χ0n) is 8.65. The van der Waals surface area contributed by atoms with Gasteiger partial charge in [0.2, 0.25) is 11.8 Å². The SMILES string of the molecule is COC(=O)[C@H](C)NC(=O)C(N)CC(N)=O. The van der Waals surface area contributed by atoms with Gasteiger partial charge in [-0.1, -0.05) is 0 Å². The topological polar surface area (TPSA) is 125 Å². The lowest BCUT2D eigenvalue weighted by molar-refractivity contribution is -0.144. The molecule has 7 nitrogen and oxygen atoms in total. The van der Waals surface area contributed by atoms with E-state index in [1.165, 1.54) is 14.0 Å². The number of nitrogens with two attached hydrogens (primary N) is 2. The van der Waals surface area contributed by atoms with Crippen molar-refractivity contribution in [3.8, 4) is 0 Å². The molecular weight excluding hydrogens is 202 g/mol. The zero-order chi connectivity index (χ0) is 12.0. The van der Waals surface area contributed by atoms with Gasteiger partial charge in [-0.25, -0.2) is 4.79 Å². The molecule has 0 aromatic heterocycles. The molecule has 0 aromatic rings. The van der Waals surface area contributed by atoms with Crippen molar-refractivity contribution in [1.82, 2.24) is 5.32 Å². The van der Waals surface area contributed by atoms with E-state index in [0.717, 1.165) is 0 Å². The molecule has 1 unspecified atom stereocenters. The zero-order valence-corrected chi connectivity index (χ0v) is 8.65. The van der Waals surface area contributed by atoms with Gasteiger partial charge in [-0.15, -0.1) is 0 Å². The van der Waals surface area contributed by atoms with E-state index in [9.17, 15) is 14.4 Å². The number of carbonyl (C=O) groups excluding carboxylic acids is 3. The molecule has 2 atom stereocenters. The number of rotatable bonds is 5. The van der Waals surface area contributed by atoms with Crippen LogP contribution in [0.3, 0.4) is 0 Å². The molecule has 0 aliphatic carbocycles. The van der Waals surface area contributed by atoms with E-state index in [4.69, 9.17) is 11.5 Å². The normalized spacial score (nSPS) is 13.8. The molecule has 15 heavy (non-hydrogen) atoms. The second-order valence-corrected chi connectivity index (χ2v) is 3.03. The van der Waals surface area contributed by atoms with Crippen LogP contribution < -0.4 is 16.8 Å². The highest BCUT2D eigenvalue weighted by Gasteiger charge is 2.21. The van der Waals surface area contributed by atoms with E-state index < -0.39 is 29.9 Å². The predicted octanol–water partition coefficient (Wildman–Crippen LogP) is -2.13. The van der Waals surface area contributed by atoms with Gasteiger partial charge in [0.05, 0.1) is 19.6 Å². The van der Waals surface area contributed by atoms with Crippen LogP contribution in [0, 0.1) is 0 Å². The molecule has 0 aliphatic heterocycles. The summed E-state index contributed by atoms with van der Waals surface area (Å²) in [5, 5.41) is 2.29. The highest BCUT2D eigenvalue weighted by atomic mass is 16.5. The van der Waals surface area contributed by atoms with Crippen LogP contribution in [0.5, 0.6) is 0 Å². The molecule has 0 aliphatic rings. The highest BCUT2D eigenvalue weighted by molar-refractivity contribution is 5.90. The maximum atomic E-state index is 11.3. The highest BCUT2D eigenvalue weighted by Crippen LogP contribution is 1.91. The number of carbonyl (C=O) groups is 3. The first-order chi connectivity index (χ1) is 6.88. The van der Waals surface area contributed by atoms with Crippen molar-refractivity contribution in [3.05, 3.63) is 0 Å². The first-order valence-corrected chi connectivity index (χ1v) is 4.30. The number of ether oxygens (including phenoxy) is 1. The Morgan fingerprint density at radius 3 is 2.33 bits per heavy atom. The molecule has 0 rings (SSSR count). The first-order valence-electron chi connectivity index (χ1n) is 4.30. The maximum absolute atomic E-state index is 11.3. The average molecular weight is 217 g/mol. The van der Waals surface area contributed by atoms with Crippen LogP contribution in [-0.4, -0.2) is 37.0 Å². The Morgan fingerprint density at radius 2 is 1.93 bits per heavy atom. The Labute approximate surface area is 87.1 Å². The van der Waals surface area contributed by atoms with Crippen molar-refractivity contribution in [2.24, 2.45) is 11.5 Å². The van der Waals surface area contributed by atoms with E-state index in [0.29, 0.717) is 0 Å². The first kappa shape index (κ1) is 13.4. The molecule has 5 N–H and O–H groups in total. The Kier molecular flexibility index (Phi) is 5.32. The number of primary amides is 1. The van der Waals surface area contributed by atoms with Crippen molar-refractivity contribution in [2.75, 3.05) is 7.11 Å². The van der Waals surface area contributed by atoms with E-state index in [1.807, 2.05) is 0 Å². The molecule has 0 fully saturated rings. The summed E-state index contributed by atoms with van der Waals surface area (Å²) in [6, 6.07) is -1.85. The molecule has 0 spiro atoms. The molecule has 7 heteroatoms. The second kappa shape index (κ2) is 5.97. The number of esters is 1. The summed E-state index contributed by atoms with van der Waals surface area (Å²) in [4.78, 5) is 32.6. The standard InChI is InChI=1S/C8H15N3O4/c1-4(8(14)15-2)11-7(13)5(9)3-6(10)12/h4-5H,3,9H2,1-2H3,(H2,10,12)(H,11,13)/t4-,5?/m0/s1. The number of methoxy groups -OCH3 is 1. The Balaban J connectivity index is 4.12. The smallest absolute Gasteiger partial charge is 0.328 e. The summed E-state index contributed by atoms with van der Waals surface area (Å²) in [7, 11) is 1.20. The maximum Gasteiger partial charge on any atom is 0.328 e. The van der Waals surface area contributed by atoms with Crippen LogP contribution in [-0.2, 0) is 19.1 Å². The molecular formula is C8H15N3O4.